The summed E-state index contributed by atoms with van der Waals surface area (Å²) in [6.45, 7) is 1.37. The van der Waals surface area contributed by atoms with Crippen LogP contribution in [0, 0.1) is 0 Å². The second-order valence-corrected chi connectivity index (χ2v) is 5.92. The van der Waals surface area contributed by atoms with Crippen LogP contribution in [0.1, 0.15) is 16.8 Å². The van der Waals surface area contributed by atoms with Crippen LogP contribution < -0.4 is 15.5 Å². The van der Waals surface area contributed by atoms with E-state index in [1.54, 1.807) is 31.4 Å². The van der Waals surface area contributed by atoms with Gasteiger partial charge in [0.2, 0.25) is 5.91 Å². The molecule has 2 N–H and O–H groups in total. The molecule has 0 radical (unpaired) electrons. The molecule has 2 aromatic carbocycles. The van der Waals surface area contributed by atoms with E-state index in [1.165, 1.54) is 0 Å². The average molecular weight is 355 g/mol. The van der Waals surface area contributed by atoms with Crippen molar-refractivity contribution in [2.75, 3.05) is 44.1 Å². The predicted octanol–water partition coefficient (Wildman–Crippen LogP) is 2.53. The van der Waals surface area contributed by atoms with Crippen LogP contribution in [0.2, 0.25) is 0 Å². The van der Waals surface area contributed by atoms with Gasteiger partial charge in [0.15, 0.2) is 0 Å². The Morgan fingerprint density at radius 3 is 2.58 bits per heavy atom. The Morgan fingerprint density at radius 1 is 1.08 bits per heavy atom. The lowest BCUT2D eigenvalue weighted by Crippen LogP contribution is -2.30. The van der Waals surface area contributed by atoms with E-state index in [2.05, 4.69) is 10.6 Å². The van der Waals surface area contributed by atoms with Crippen LogP contribution in [-0.4, -0.2) is 45.7 Å². The molecule has 26 heavy (non-hydrogen) atoms. The molecule has 0 saturated carbocycles. The minimum absolute atomic E-state index is 0.144. The van der Waals surface area contributed by atoms with Crippen LogP contribution in [-0.2, 0) is 9.53 Å². The van der Waals surface area contributed by atoms with Gasteiger partial charge in [-0.15, -0.1) is 0 Å². The van der Waals surface area contributed by atoms with Crippen molar-refractivity contribution in [2.24, 2.45) is 0 Å². The van der Waals surface area contributed by atoms with Gasteiger partial charge >= 0.3 is 0 Å². The zero-order valence-electron chi connectivity index (χ0n) is 15.2. The van der Waals surface area contributed by atoms with Crippen LogP contribution in [0.15, 0.2) is 54.6 Å². The normalized spacial score (nSPS) is 10.2. The molecule has 6 heteroatoms. The third-order valence-electron chi connectivity index (χ3n) is 3.80. The van der Waals surface area contributed by atoms with Gasteiger partial charge in [-0.3, -0.25) is 9.59 Å². The molecule has 138 valence electrons. The first kappa shape index (κ1) is 19.5. The number of nitrogens with one attached hydrogen (secondary N) is 2. The molecule has 0 unspecified atom stereocenters. The van der Waals surface area contributed by atoms with Gasteiger partial charge in [0.05, 0.1) is 6.54 Å². The lowest BCUT2D eigenvalue weighted by atomic mass is 10.2. The maximum Gasteiger partial charge on any atom is 0.251 e. The van der Waals surface area contributed by atoms with E-state index in [0.717, 1.165) is 12.1 Å². The molecule has 0 spiro atoms. The number of benzene rings is 2. The number of amides is 2. The molecule has 0 fully saturated rings. The van der Waals surface area contributed by atoms with E-state index in [0.29, 0.717) is 24.4 Å². The summed E-state index contributed by atoms with van der Waals surface area (Å²) in [6.07, 6.45) is 0.754. The molecule has 0 heterocycles. The molecule has 2 aromatic rings. The van der Waals surface area contributed by atoms with Crippen molar-refractivity contribution in [3.05, 3.63) is 60.2 Å². The topological polar surface area (TPSA) is 70.7 Å². The largest absolute Gasteiger partial charge is 0.385 e. The SMILES string of the molecule is COCCCNC(=O)c1cccc(NC(=O)CN(C)c2ccccc2)c1. The van der Waals surface area contributed by atoms with E-state index in [9.17, 15) is 9.59 Å². The summed E-state index contributed by atoms with van der Waals surface area (Å²) >= 11 is 0. The summed E-state index contributed by atoms with van der Waals surface area (Å²) < 4.78 is 4.95. The monoisotopic (exact) mass is 355 g/mol. The maximum atomic E-state index is 12.3. The molecule has 0 aliphatic rings. The molecule has 2 amide bonds. The van der Waals surface area contributed by atoms with Gasteiger partial charge in [0.1, 0.15) is 0 Å². The standard InChI is InChI=1S/C20H25N3O3/c1-23(18-10-4-3-5-11-18)15-19(24)22-17-9-6-8-16(14-17)20(25)21-12-7-13-26-2/h3-6,8-11,14H,7,12-13,15H2,1-2H3,(H,21,25)(H,22,24). The van der Waals surface area contributed by atoms with E-state index < -0.39 is 0 Å². The Morgan fingerprint density at radius 2 is 1.85 bits per heavy atom. The second-order valence-electron chi connectivity index (χ2n) is 5.92. The van der Waals surface area contributed by atoms with Gasteiger partial charge in [-0.2, -0.15) is 0 Å². The van der Waals surface area contributed by atoms with Crippen LogP contribution in [0.5, 0.6) is 0 Å². The van der Waals surface area contributed by atoms with E-state index in [-0.39, 0.29) is 18.4 Å². The molecule has 0 saturated heterocycles. The summed E-state index contributed by atoms with van der Waals surface area (Å²) in [5.41, 5.74) is 2.07. The van der Waals surface area contributed by atoms with Crippen molar-refractivity contribution in [1.29, 1.82) is 0 Å². The third-order valence-corrected chi connectivity index (χ3v) is 3.80. The third kappa shape index (κ3) is 6.22. The van der Waals surface area contributed by atoms with E-state index >= 15 is 0 Å². The highest BCUT2D eigenvalue weighted by molar-refractivity contribution is 5.98. The highest BCUT2D eigenvalue weighted by Gasteiger charge is 2.10. The number of anilines is 2. The van der Waals surface area contributed by atoms with Crippen LogP contribution >= 0.6 is 0 Å². The first-order valence-electron chi connectivity index (χ1n) is 8.53. The molecule has 0 bridgehead atoms. The van der Waals surface area contributed by atoms with Gasteiger partial charge < -0.3 is 20.3 Å². The average Bonchev–Trinajstić information content (AvgIpc) is 2.66. The number of hydrogen-bond donors (Lipinski definition) is 2. The number of ether oxygens (including phenoxy) is 1. The predicted molar refractivity (Wildman–Crippen MR) is 104 cm³/mol. The Kier molecular flexibility index (Phi) is 7.64. The summed E-state index contributed by atoms with van der Waals surface area (Å²) in [4.78, 5) is 26.3. The van der Waals surface area contributed by atoms with Gasteiger partial charge in [0, 0.05) is 44.2 Å². The molecule has 0 atom stereocenters. The van der Waals surface area contributed by atoms with Crippen molar-refractivity contribution >= 4 is 23.2 Å². The Balaban J connectivity index is 1.89. The zero-order chi connectivity index (χ0) is 18.8. The Hall–Kier alpha value is -2.86. The number of rotatable bonds is 9. The second kappa shape index (κ2) is 10.2. The van der Waals surface area contributed by atoms with Crippen molar-refractivity contribution in [2.45, 2.75) is 6.42 Å². The smallest absolute Gasteiger partial charge is 0.251 e. The van der Waals surface area contributed by atoms with Gasteiger partial charge in [-0.05, 0) is 36.8 Å². The molecule has 2 rings (SSSR count). The number of nitrogens with zero attached hydrogens (tertiary/aromatic N) is 1. The number of methoxy groups -OCH3 is 1. The fourth-order valence-electron chi connectivity index (χ4n) is 2.45. The minimum Gasteiger partial charge on any atom is -0.385 e. The summed E-state index contributed by atoms with van der Waals surface area (Å²) in [6, 6.07) is 16.6. The van der Waals surface area contributed by atoms with Crippen LogP contribution in [0.4, 0.5) is 11.4 Å². The molecule has 0 aliphatic carbocycles. The molecular weight excluding hydrogens is 330 g/mol. The molecule has 6 nitrogen and oxygen atoms in total. The number of carbonyl (C=O) groups excluding carboxylic acids is 2. The lowest BCUT2D eigenvalue weighted by Gasteiger charge is -2.18. The molecular formula is C20H25N3O3. The quantitative estimate of drug-likeness (QED) is 0.678. The number of hydrogen-bond acceptors (Lipinski definition) is 4. The first-order chi connectivity index (χ1) is 12.6. The van der Waals surface area contributed by atoms with Crippen LogP contribution in [0.25, 0.3) is 0 Å². The van der Waals surface area contributed by atoms with Crippen molar-refractivity contribution in [3.63, 3.8) is 0 Å². The van der Waals surface area contributed by atoms with Crippen molar-refractivity contribution in [3.8, 4) is 0 Å². The van der Waals surface area contributed by atoms with Gasteiger partial charge in [-0.1, -0.05) is 24.3 Å². The Labute approximate surface area is 154 Å². The summed E-state index contributed by atoms with van der Waals surface area (Å²) in [7, 11) is 3.49. The zero-order valence-corrected chi connectivity index (χ0v) is 15.2. The fraction of sp³-hybridized carbons (Fsp3) is 0.300. The molecule has 0 aromatic heterocycles. The molecule has 0 aliphatic heterocycles. The number of likely N-dealkylation sites (N-methyl/N-ethyl adjacent to an activating group) is 1. The number of carbonyl (C=O) groups is 2. The first-order valence-corrected chi connectivity index (χ1v) is 8.53. The Bertz CT molecular complexity index is 719. The maximum absolute atomic E-state index is 12.3. The van der Waals surface area contributed by atoms with Gasteiger partial charge in [-0.25, -0.2) is 0 Å². The van der Waals surface area contributed by atoms with E-state index in [1.807, 2.05) is 42.3 Å². The fourth-order valence-corrected chi connectivity index (χ4v) is 2.45. The van der Waals surface area contributed by atoms with Crippen LogP contribution in [0.3, 0.4) is 0 Å². The number of para-hydroxylation sites is 1. The highest BCUT2D eigenvalue weighted by Crippen LogP contribution is 2.13. The lowest BCUT2D eigenvalue weighted by molar-refractivity contribution is -0.114. The summed E-state index contributed by atoms with van der Waals surface area (Å²) in [5.74, 6) is -0.312. The van der Waals surface area contributed by atoms with Gasteiger partial charge in [0.25, 0.3) is 5.91 Å². The summed E-state index contributed by atoms with van der Waals surface area (Å²) in [5, 5.41) is 5.66. The van der Waals surface area contributed by atoms with Crippen molar-refractivity contribution < 1.29 is 14.3 Å². The van der Waals surface area contributed by atoms with Crippen molar-refractivity contribution in [1.82, 2.24) is 5.32 Å². The highest BCUT2D eigenvalue weighted by atomic mass is 16.5. The van der Waals surface area contributed by atoms with E-state index in [4.69, 9.17) is 4.74 Å². The minimum atomic E-state index is -0.168.